The van der Waals surface area contributed by atoms with Crippen molar-refractivity contribution in [2.24, 2.45) is 5.92 Å². The number of hydrogen-bond acceptors (Lipinski definition) is 3. The van der Waals surface area contributed by atoms with Crippen molar-refractivity contribution in [3.8, 4) is 0 Å². The molecule has 5 heteroatoms. The number of nitrogens with one attached hydrogen (secondary N) is 1. The lowest BCUT2D eigenvalue weighted by atomic mass is 10.1. The Bertz CT molecular complexity index is 493. The zero-order chi connectivity index (χ0) is 14.4. The number of amides is 1. The van der Waals surface area contributed by atoms with E-state index in [-0.39, 0.29) is 30.3 Å². The Morgan fingerprint density at radius 2 is 2.20 bits per heavy atom. The molecule has 0 bridgehead atoms. The summed E-state index contributed by atoms with van der Waals surface area (Å²) in [6.45, 7) is 0.117. The van der Waals surface area contributed by atoms with E-state index in [1.54, 1.807) is 18.2 Å². The maximum atomic E-state index is 13.4. The molecule has 0 heterocycles. The second-order valence-electron chi connectivity index (χ2n) is 4.77. The lowest BCUT2D eigenvalue weighted by Crippen LogP contribution is -2.33. The van der Waals surface area contributed by atoms with Crippen LogP contribution >= 0.6 is 11.8 Å². The first-order chi connectivity index (χ1) is 9.69. The third-order valence-corrected chi connectivity index (χ3v) is 4.23. The van der Waals surface area contributed by atoms with Gasteiger partial charge >= 0.3 is 0 Å². The highest BCUT2D eigenvalue weighted by molar-refractivity contribution is 7.99. The number of benzene rings is 1. The third-order valence-electron chi connectivity index (χ3n) is 3.18. The fourth-order valence-electron chi connectivity index (χ4n) is 2.11. The molecular weight excluding hydrogens is 277 g/mol. The summed E-state index contributed by atoms with van der Waals surface area (Å²) in [6, 6.07) is 6.57. The van der Waals surface area contributed by atoms with Crippen molar-refractivity contribution in [1.29, 1.82) is 0 Å². The second kappa shape index (κ2) is 7.45. The van der Waals surface area contributed by atoms with E-state index in [0.717, 1.165) is 6.42 Å². The summed E-state index contributed by atoms with van der Waals surface area (Å²) in [7, 11) is 0. The largest absolute Gasteiger partial charge is 0.396 e. The molecule has 0 saturated carbocycles. The third kappa shape index (κ3) is 4.35. The molecule has 108 valence electrons. The van der Waals surface area contributed by atoms with Gasteiger partial charge in [-0.3, -0.25) is 4.79 Å². The molecule has 1 aromatic rings. The van der Waals surface area contributed by atoms with Gasteiger partial charge in [-0.25, -0.2) is 4.39 Å². The van der Waals surface area contributed by atoms with Gasteiger partial charge in [0, 0.05) is 35.6 Å². The monoisotopic (exact) mass is 295 g/mol. The molecule has 3 nitrogen and oxygen atoms in total. The van der Waals surface area contributed by atoms with E-state index in [2.05, 4.69) is 5.32 Å². The highest BCUT2D eigenvalue weighted by Crippen LogP contribution is 2.22. The van der Waals surface area contributed by atoms with Gasteiger partial charge in [-0.1, -0.05) is 24.3 Å². The molecule has 1 aromatic carbocycles. The van der Waals surface area contributed by atoms with Crippen molar-refractivity contribution in [3.05, 3.63) is 42.2 Å². The summed E-state index contributed by atoms with van der Waals surface area (Å²) in [5, 5.41) is 11.9. The van der Waals surface area contributed by atoms with Crippen LogP contribution in [-0.2, 0) is 4.79 Å². The molecule has 1 amide bonds. The van der Waals surface area contributed by atoms with Gasteiger partial charge in [-0.15, -0.1) is 11.8 Å². The summed E-state index contributed by atoms with van der Waals surface area (Å²) < 4.78 is 13.4. The summed E-state index contributed by atoms with van der Waals surface area (Å²) >= 11 is 1.34. The van der Waals surface area contributed by atoms with Gasteiger partial charge < -0.3 is 10.4 Å². The fourth-order valence-corrected chi connectivity index (χ4v) is 3.00. The van der Waals surface area contributed by atoms with Gasteiger partial charge in [0.15, 0.2) is 0 Å². The molecular formula is C15H18FNO2S. The Morgan fingerprint density at radius 3 is 2.90 bits per heavy atom. The van der Waals surface area contributed by atoms with Gasteiger partial charge in [-0.2, -0.15) is 0 Å². The Labute approximate surface area is 122 Å². The molecule has 2 atom stereocenters. The summed E-state index contributed by atoms with van der Waals surface area (Å²) in [4.78, 5) is 12.3. The minimum atomic E-state index is -0.248. The summed E-state index contributed by atoms with van der Waals surface area (Å²) in [5.74, 6) is 0.407. The first-order valence-corrected chi connectivity index (χ1v) is 7.63. The quantitative estimate of drug-likeness (QED) is 0.626. The maximum Gasteiger partial charge on any atom is 0.221 e. The zero-order valence-corrected chi connectivity index (χ0v) is 11.9. The van der Waals surface area contributed by atoms with Crippen LogP contribution in [0.3, 0.4) is 0 Å². The van der Waals surface area contributed by atoms with Crippen molar-refractivity contribution < 1.29 is 14.3 Å². The van der Waals surface area contributed by atoms with Gasteiger partial charge in [0.1, 0.15) is 5.82 Å². The maximum absolute atomic E-state index is 13.4. The topological polar surface area (TPSA) is 49.3 Å². The Balaban J connectivity index is 1.69. The highest BCUT2D eigenvalue weighted by atomic mass is 32.2. The number of hydrogen-bond donors (Lipinski definition) is 2. The Morgan fingerprint density at radius 1 is 1.40 bits per heavy atom. The van der Waals surface area contributed by atoms with Crippen LogP contribution in [-0.4, -0.2) is 29.4 Å². The van der Waals surface area contributed by atoms with Crippen LogP contribution in [0.15, 0.2) is 41.3 Å². The molecule has 0 spiro atoms. The Kier molecular flexibility index (Phi) is 5.61. The molecule has 0 unspecified atom stereocenters. The van der Waals surface area contributed by atoms with Crippen LogP contribution in [0.4, 0.5) is 4.39 Å². The minimum Gasteiger partial charge on any atom is -0.396 e. The predicted octanol–water partition coefficient (Wildman–Crippen LogP) is 2.36. The molecule has 0 aromatic heterocycles. The van der Waals surface area contributed by atoms with Crippen LogP contribution in [0, 0.1) is 11.7 Å². The molecule has 2 rings (SSSR count). The number of rotatable bonds is 6. The van der Waals surface area contributed by atoms with Crippen molar-refractivity contribution in [3.63, 3.8) is 0 Å². The Hall–Kier alpha value is -1.33. The SMILES string of the molecule is O=C(CCSc1ccccc1F)N[C@@H]1C=C[C@H](CO)C1. The predicted molar refractivity (Wildman–Crippen MR) is 78.0 cm³/mol. The van der Waals surface area contributed by atoms with E-state index in [9.17, 15) is 9.18 Å². The van der Waals surface area contributed by atoms with E-state index in [1.165, 1.54) is 17.8 Å². The molecule has 1 aliphatic carbocycles. The summed E-state index contributed by atoms with van der Waals surface area (Å²) in [6.07, 6.45) is 4.96. The van der Waals surface area contributed by atoms with Crippen LogP contribution in [0.5, 0.6) is 0 Å². The van der Waals surface area contributed by atoms with Gasteiger partial charge in [0.25, 0.3) is 0 Å². The van der Waals surface area contributed by atoms with Gasteiger partial charge in [0.2, 0.25) is 5.91 Å². The van der Waals surface area contributed by atoms with Gasteiger partial charge in [0.05, 0.1) is 0 Å². The van der Waals surface area contributed by atoms with Crippen LogP contribution < -0.4 is 5.32 Å². The molecule has 1 aliphatic rings. The van der Waals surface area contributed by atoms with Crippen molar-refractivity contribution >= 4 is 17.7 Å². The standard InChI is InChI=1S/C15H18FNO2S/c16-13-3-1-2-4-14(13)20-8-7-15(19)17-12-6-5-11(9-12)10-18/h1-6,11-12,18H,7-10H2,(H,17,19)/t11-,12+/m0/s1. The molecule has 0 radical (unpaired) electrons. The highest BCUT2D eigenvalue weighted by Gasteiger charge is 2.19. The average Bonchev–Trinajstić information content (AvgIpc) is 2.88. The first kappa shape index (κ1) is 15.1. The van der Waals surface area contributed by atoms with Crippen molar-refractivity contribution in [1.82, 2.24) is 5.32 Å². The number of aliphatic hydroxyl groups excluding tert-OH is 1. The fraction of sp³-hybridized carbons (Fsp3) is 0.400. The smallest absolute Gasteiger partial charge is 0.221 e. The zero-order valence-electron chi connectivity index (χ0n) is 11.1. The van der Waals surface area contributed by atoms with Crippen LogP contribution in [0.1, 0.15) is 12.8 Å². The van der Waals surface area contributed by atoms with E-state index in [4.69, 9.17) is 5.11 Å². The molecule has 0 fully saturated rings. The van der Waals surface area contributed by atoms with E-state index in [0.29, 0.717) is 17.1 Å². The van der Waals surface area contributed by atoms with Gasteiger partial charge in [-0.05, 0) is 18.6 Å². The number of thioether (sulfide) groups is 1. The first-order valence-electron chi connectivity index (χ1n) is 6.65. The number of carbonyl (C=O) groups excluding carboxylic acids is 1. The average molecular weight is 295 g/mol. The van der Waals surface area contributed by atoms with E-state index in [1.807, 2.05) is 12.2 Å². The molecule has 0 saturated heterocycles. The van der Waals surface area contributed by atoms with E-state index < -0.39 is 0 Å². The molecule has 2 N–H and O–H groups in total. The summed E-state index contributed by atoms with van der Waals surface area (Å²) in [5.41, 5.74) is 0. The second-order valence-corrected chi connectivity index (χ2v) is 5.90. The van der Waals surface area contributed by atoms with Crippen molar-refractivity contribution in [2.45, 2.75) is 23.8 Å². The molecule has 0 aliphatic heterocycles. The lowest BCUT2D eigenvalue weighted by molar-refractivity contribution is -0.121. The van der Waals surface area contributed by atoms with E-state index >= 15 is 0 Å². The molecule has 20 heavy (non-hydrogen) atoms. The number of aliphatic hydroxyl groups is 1. The lowest BCUT2D eigenvalue weighted by Gasteiger charge is -2.12. The van der Waals surface area contributed by atoms with Crippen LogP contribution in [0.2, 0.25) is 0 Å². The normalized spacial score (nSPS) is 21.1. The number of carbonyl (C=O) groups is 1. The van der Waals surface area contributed by atoms with Crippen LogP contribution in [0.25, 0.3) is 0 Å². The minimum absolute atomic E-state index is 0.0121. The van der Waals surface area contributed by atoms with Crippen molar-refractivity contribution in [2.75, 3.05) is 12.4 Å². The number of halogens is 1.